The summed E-state index contributed by atoms with van der Waals surface area (Å²) in [6.07, 6.45) is 2.25. The molecule has 0 aromatic heterocycles. The molecule has 0 atom stereocenters. The molecule has 0 unspecified atom stereocenters. The van der Waals surface area contributed by atoms with Crippen LogP contribution in [0.25, 0.3) is 0 Å². The average molecular weight is 262 g/mol. The molecule has 1 fully saturated rings. The standard InChI is InChI=1S/C15H22N2O2/c1-12-4-2-3-5-14(12)19-11-8-15(18)17-9-6-13(16)7-10-17/h2-5,13H,6-11,16H2,1H3. The van der Waals surface area contributed by atoms with Crippen molar-refractivity contribution in [2.24, 2.45) is 5.73 Å². The molecular formula is C15H22N2O2. The Kier molecular flexibility index (Phi) is 4.80. The number of carbonyl (C=O) groups is 1. The van der Waals surface area contributed by atoms with Crippen LogP contribution < -0.4 is 10.5 Å². The number of nitrogens with two attached hydrogens (primary N) is 1. The van der Waals surface area contributed by atoms with Gasteiger partial charge < -0.3 is 15.4 Å². The zero-order valence-electron chi connectivity index (χ0n) is 11.5. The zero-order valence-corrected chi connectivity index (χ0v) is 11.5. The van der Waals surface area contributed by atoms with Crippen LogP contribution in [-0.4, -0.2) is 36.5 Å². The maximum absolute atomic E-state index is 12.0. The summed E-state index contributed by atoms with van der Waals surface area (Å²) in [4.78, 5) is 13.9. The number of hydrogen-bond acceptors (Lipinski definition) is 3. The van der Waals surface area contributed by atoms with Crippen LogP contribution in [0.5, 0.6) is 5.75 Å². The van der Waals surface area contributed by atoms with Crippen LogP contribution >= 0.6 is 0 Å². The maximum atomic E-state index is 12.0. The van der Waals surface area contributed by atoms with Crippen LogP contribution in [0.2, 0.25) is 0 Å². The zero-order chi connectivity index (χ0) is 13.7. The van der Waals surface area contributed by atoms with Gasteiger partial charge in [-0.25, -0.2) is 0 Å². The van der Waals surface area contributed by atoms with E-state index in [0.29, 0.717) is 13.0 Å². The lowest BCUT2D eigenvalue weighted by Crippen LogP contribution is -2.43. The predicted molar refractivity (Wildman–Crippen MR) is 75.1 cm³/mol. The van der Waals surface area contributed by atoms with Gasteiger partial charge >= 0.3 is 0 Å². The van der Waals surface area contributed by atoms with E-state index in [1.807, 2.05) is 36.1 Å². The average Bonchev–Trinajstić information content (AvgIpc) is 2.41. The van der Waals surface area contributed by atoms with Gasteiger partial charge in [0.1, 0.15) is 5.75 Å². The van der Waals surface area contributed by atoms with Crippen molar-refractivity contribution in [3.05, 3.63) is 29.8 Å². The highest BCUT2D eigenvalue weighted by Gasteiger charge is 2.20. The van der Waals surface area contributed by atoms with Crippen molar-refractivity contribution in [3.63, 3.8) is 0 Å². The van der Waals surface area contributed by atoms with Gasteiger partial charge in [-0.2, -0.15) is 0 Å². The second-order valence-electron chi connectivity index (χ2n) is 5.08. The first-order chi connectivity index (χ1) is 9.16. The number of hydrogen-bond donors (Lipinski definition) is 1. The minimum Gasteiger partial charge on any atom is -0.493 e. The fourth-order valence-corrected chi connectivity index (χ4v) is 2.27. The second-order valence-corrected chi connectivity index (χ2v) is 5.08. The molecule has 1 saturated heterocycles. The van der Waals surface area contributed by atoms with Crippen molar-refractivity contribution >= 4 is 5.91 Å². The number of rotatable bonds is 4. The van der Waals surface area contributed by atoms with Crippen molar-refractivity contribution in [1.29, 1.82) is 0 Å². The predicted octanol–water partition coefficient (Wildman–Crippen LogP) is 1.71. The van der Waals surface area contributed by atoms with E-state index in [0.717, 1.165) is 37.2 Å². The molecule has 1 amide bonds. The van der Waals surface area contributed by atoms with Crippen LogP contribution in [0, 0.1) is 6.92 Å². The molecule has 19 heavy (non-hydrogen) atoms. The van der Waals surface area contributed by atoms with Gasteiger partial charge in [-0.15, -0.1) is 0 Å². The van der Waals surface area contributed by atoms with Gasteiger partial charge in [0.15, 0.2) is 0 Å². The van der Waals surface area contributed by atoms with E-state index in [1.165, 1.54) is 0 Å². The largest absolute Gasteiger partial charge is 0.493 e. The van der Waals surface area contributed by atoms with Crippen LogP contribution in [0.15, 0.2) is 24.3 Å². The quantitative estimate of drug-likeness (QED) is 0.898. The van der Waals surface area contributed by atoms with Crippen LogP contribution in [0.4, 0.5) is 0 Å². The molecule has 0 saturated carbocycles. The first kappa shape index (κ1) is 13.9. The first-order valence-corrected chi connectivity index (χ1v) is 6.88. The summed E-state index contributed by atoms with van der Waals surface area (Å²) in [5, 5.41) is 0. The first-order valence-electron chi connectivity index (χ1n) is 6.88. The molecule has 1 aliphatic heterocycles. The molecule has 2 N–H and O–H groups in total. The van der Waals surface area contributed by atoms with Gasteiger partial charge in [0.2, 0.25) is 5.91 Å². The number of aryl methyl sites for hydroxylation is 1. The summed E-state index contributed by atoms with van der Waals surface area (Å²) in [6.45, 7) is 4.00. The van der Waals surface area contributed by atoms with Crippen molar-refractivity contribution < 1.29 is 9.53 Å². The van der Waals surface area contributed by atoms with E-state index in [9.17, 15) is 4.79 Å². The number of benzene rings is 1. The molecule has 0 radical (unpaired) electrons. The van der Waals surface area contributed by atoms with Gasteiger partial charge in [-0.1, -0.05) is 18.2 Å². The highest BCUT2D eigenvalue weighted by Crippen LogP contribution is 2.16. The Morgan fingerprint density at radius 3 is 2.74 bits per heavy atom. The molecule has 4 heteroatoms. The molecule has 0 aliphatic carbocycles. The molecule has 0 bridgehead atoms. The van der Waals surface area contributed by atoms with Gasteiger partial charge in [-0.3, -0.25) is 4.79 Å². The van der Waals surface area contributed by atoms with E-state index >= 15 is 0 Å². The molecule has 0 spiro atoms. The lowest BCUT2D eigenvalue weighted by molar-refractivity contribution is -0.132. The van der Waals surface area contributed by atoms with E-state index in [1.54, 1.807) is 0 Å². The number of nitrogens with zero attached hydrogens (tertiary/aromatic N) is 1. The summed E-state index contributed by atoms with van der Waals surface area (Å²) < 4.78 is 5.65. The summed E-state index contributed by atoms with van der Waals surface area (Å²) in [5.74, 6) is 1.02. The lowest BCUT2D eigenvalue weighted by atomic mass is 10.1. The normalized spacial score (nSPS) is 16.4. The van der Waals surface area contributed by atoms with Crippen molar-refractivity contribution in [3.8, 4) is 5.75 Å². The number of para-hydroxylation sites is 1. The van der Waals surface area contributed by atoms with Gasteiger partial charge in [0.25, 0.3) is 0 Å². The fourth-order valence-electron chi connectivity index (χ4n) is 2.27. The van der Waals surface area contributed by atoms with Gasteiger partial charge in [0.05, 0.1) is 13.0 Å². The Labute approximate surface area is 114 Å². The number of carbonyl (C=O) groups excluding carboxylic acids is 1. The van der Waals surface area contributed by atoms with Crippen LogP contribution in [-0.2, 0) is 4.79 Å². The number of ether oxygens (including phenoxy) is 1. The van der Waals surface area contributed by atoms with Gasteiger partial charge in [0, 0.05) is 19.1 Å². The Balaban J connectivity index is 1.74. The topological polar surface area (TPSA) is 55.6 Å². The third kappa shape index (κ3) is 3.96. The SMILES string of the molecule is Cc1ccccc1OCCC(=O)N1CCC(N)CC1. The Morgan fingerprint density at radius 2 is 2.05 bits per heavy atom. The maximum Gasteiger partial charge on any atom is 0.225 e. The van der Waals surface area contributed by atoms with E-state index in [4.69, 9.17) is 10.5 Å². The molecular weight excluding hydrogens is 240 g/mol. The third-order valence-electron chi connectivity index (χ3n) is 3.56. The summed E-state index contributed by atoms with van der Waals surface area (Å²) in [7, 11) is 0. The smallest absolute Gasteiger partial charge is 0.225 e. The molecule has 104 valence electrons. The van der Waals surface area contributed by atoms with Crippen molar-refractivity contribution in [2.45, 2.75) is 32.2 Å². The second kappa shape index (κ2) is 6.57. The Bertz CT molecular complexity index is 426. The van der Waals surface area contributed by atoms with E-state index in [2.05, 4.69) is 0 Å². The number of piperidine rings is 1. The molecule has 1 aromatic carbocycles. The van der Waals surface area contributed by atoms with E-state index < -0.39 is 0 Å². The minimum absolute atomic E-state index is 0.167. The van der Waals surface area contributed by atoms with E-state index in [-0.39, 0.29) is 11.9 Å². The third-order valence-corrected chi connectivity index (χ3v) is 3.56. The fraction of sp³-hybridized carbons (Fsp3) is 0.533. The molecule has 1 aliphatic rings. The lowest BCUT2D eigenvalue weighted by Gasteiger charge is -2.30. The molecule has 2 rings (SSSR count). The minimum atomic E-state index is 0.167. The highest BCUT2D eigenvalue weighted by molar-refractivity contribution is 5.76. The molecule has 4 nitrogen and oxygen atoms in total. The summed E-state index contributed by atoms with van der Waals surface area (Å²) in [6, 6.07) is 8.11. The summed E-state index contributed by atoms with van der Waals surface area (Å²) >= 11 is 0. The van der Waals surface area contributed by atoms with Crippen LogP contribution in [0.1, 0.15) is 24.8 Å². The Hall–Kier alpha value is -1.55. The van der Waals surface area contributed by atoms with Gasteiger partial charge in [-0.05, 0) is 31.4 Å². The Morgan fingerprint density at radius 1 is 1.37 bits per heavy atom. The molecule has 1 aromatic rings. The summed E-state index contributed by atoms with van der Waals surface area (Å²) in [5.41, 5.74) is 6.92. The highest BCUT2D eigenvalue weighted by atomic mass is 16.5. The molecule has 1 heterocycles. The number of likely N-dealkylation sites (tertiary alicyclic amines) is 1. The van der Waals surface area contributed by atoms with Crippen LogP contribution in [0.3, 0.4) is 0 Å². The van der Waals surface area contributed by atoms with Crippen molar-refractivity contribution in [2.75, 3.05) is 19.7 Å². The monoisotopic (exact) mass is 262 g/mol. The number of amides is 1. The van der Waals surface area contributed by atoms with Crippen molar-refractivity contribution in [1.82, 2.24) is 4.90 Å².